The van der Waals surface area contributed by atoms with E-state index in [4.69, 9.17) is 5.73 Å². The van der Waals surface area contributed by atoms with Crippen LogP contribution in [0.4, 0.5) is 18.9 Å². The number of rotatable bonds is 6. The Morgan fingerprint density at radius 3 is 2.63 bits per heavy atom. The second kappa shape index (κ2) is 7.10. The molecule has 7 heteroatoms. The van der Waals surface area contributed by atoms with Crippen molar-refractivity contribution in [2.24, 2.45) is 5.73 Å². The molecule has 3 N–H and O–H groups in total. The Kier molecular flexibility index (Phi) is 5.78. The molecule has 19 heavy (non-hydrogen) atoms. The second-order valence-electron chi connectivity index (χ2n) is 4.15. The van der Waals surface area contributed by atoms with Crippen LogP contribution in [0, 0.1) is 17.5 Å². The largest absolute Gasteiger partial charge is 0.330 e. The molecule has 0 fully saturated rings. The van der Waals surface area contributed by atoms with E-state index in [-0.39, 0.29) is 12.2 Å². The highest BCUT2D eigenvalue weighted by Crippen LogP contribution is 2.19. The van der Waals surface area contributed by atoms with Crippen molar-refractivity contribution in [2.45, 2.75) is 6.42 Å². The Morgan fingerprint density at radius 2 is 2.00 bits per heavy atom. The van der Waals surface area contributed by atoms with Gasteiger partial charge in [-0.1, -0.05) is 0 Å². The standard InChI is InChI=1S/C12H16F3N3O/c1-18(6-2-5-16)7-10(19)17-9-4-3-8(13)11(14)12(9)15/h3-4H,2,5-7,16H2,1H3,(H,17,19). The van der Waals surface area contributed by atoms with Crippen LogP contribution in [-0.4, -0.2) is 37.5 Å². The van der Waals surface area contributed by atoms with Crippen LogP contribution in [0.3, 0.4) is 0 Å². The van der Waals surface area contributed by atoms with E-state index < -0.39 is 23.4 Å². The molecule has 0 radical (unpaired) electrons. The zero-order chi connectivity index (χ0) is 14.4. The minimum atomic E-state index is -1.60. The number of nitrogens with one attached hydrogen (secondary N) is 1. The van der Waals surface area contributed by atoms with Crippen LogP contribution in [0.5, 0.6) is 0 Å². The van der Waals surface area contributed by atoms with Gasteiger partial charge in [-0.3, -0.25) is 9.69 Å². The van der Waals surface area contributed by atoms with Gasteiger partial charge in [0.15, 0.2) is 17.5 Å². The van der Waals surface area contributed by atoms with Crippen LogP contribution >= 0.6 is 0 Å². The smallest absolute Gasteiger partial charge is 0.238 e. The third kappa shape index (κ3) is 4.53. The van der Waals surface area contributed by atoms with Gasteiger partial charge in [-0.2, -0.15) is 0 Å². The van der Waals surface area contributed by atoms with Crippen LogP contribution in [0.2, 0.25) is 0 Å². The van der Waals surface area contributed by atoms with Gasteiger partial charge in [0.1, 0.15) is 0 Å². The molecule has 0 spiro atoms. The van der Waals surface area contributed by atoms with Gasteiger partial charge in [0, 0.05) is 0 Å². The van der Waals surface area contributed by atoms with Crippen molar-refractivity contribution in [3.63, 3.8) is 0 Å². The third-order valence-corrected chi connectivity index (χ3v) is 2.47. The average Bonchev–Trinajstić information content (AvgIpc) is 2.37. The summed E-state index contributed by atoms with van der Waals surface area (Å²) >= 11 is 0. The summed E-state index contributed by atoms with van der Waals surface area (Å²) in [5, 5.41) is 2.19. The van der Waals surface area contributed by atoms with Gasteiger partial charge >= 0.3 is 0 Å². The Labute approximate surface area is 109 Å². The summed E-state index contributed by atoms with van der Waals surface area (Å²) < 4.78 is 38.9. The van der Waals surface area contributed by atoms with Gasteiger partial charge < -0.3 is 11.1 Å². The molecule has 4 nitrogen and oxygen atoms in total. The number of hydrogen-bond donors (Lipinski definition) is 2. The van der Waals surface area contributed by atoms with Gasteiger partial charge in [-0.25, -0.2) is 13.2 Å². The number of carbonyl (C=O) groups is 1. The lowest BCUT2D eigenvalue weighted by Crippen LogP contribution is -2.32. The molecule has 0 atom stereocenters. The number of amides is 1. The van der Waals surface area contributed by atoms with Crippen molar-refractivity contribution in [2.75, 3.05) is 32.0 Å². The highest BCUT2D eigenvalue weighted by Gasteiger charge is 2.15. The quantitative estimate of drug-likeness (QED) is 0.770. The number of halogens is 3. The maximum absolute atomic E-state index is 13.3. The van der Waals surface area contributed by atoms with E-state index in [0.29, 0.717) is 13.1 Å². The van der Waals surface area contributed by atoms with E-state index in [0.717, 1.165) is 18.6 Å². The molecule has 1 rings (SSSR count). The van der Waals surface area contributed by atoms with Crippen LogP contribution in [-0.2, 0) is 4.79 Å². The second-order valence-corrected chi connectivity index (χ2v) is 4.15. The molecule has 1 aromatic rings. The third-order valence-electron chi connectivity index (χ3n) is 2.47. The number of carbonyl (C=O) groups excluding carboxylic acids is 1. The number of nitrogens with zero attached hydrogens (tertiary/aromatic N) is 1. The predicted molar refractivity (Wildman–Crippen MR) is 66.1 cm³/mol. The molecule has 1 aromatic carbocycles. The highest BCUT2D eigenvalue weighted by atomic mass is 19.2. The van der Waals surface area contributed by atoms with Gasteiger partial charge in [0.25, 0.3) is 0 Å². The Morgan fingerprint density at radius 1 is 1.32 bits per heavy atom. The van der Waals surface area contributed by atoms with Crippen LogP contribution < -0.4 is 11.1 Å². The van der Waals surface area contributed by atoms with Crippen molar-refractivity contribution in [3.05, 3.63) is 29.6 Å². The molecule has 0 heterocycles. The van der Waals surface area contributed by atoms with Gasteiger partial charge in [-0.15, -0.1) is 0 Å². The Balaban J connectivity index is 2.60. The lowest BCUT2D eigenvalue weighted by molar-refractivity contribution is -0.117. The van der Waals surface area contributed by atoms with Crippen molar-refractivity contribution in [3.8, 4) is 0 Å². The Bertz CT molecular complexity index is 454. The summed E-state index contributed by atoms with van der Waals surface area (Å²) in [5.74, 6) is -4.81. The van der Waals surface area contributed by atoms with Crippen molar-refractivity contribution < 1.29 is 18.0 Å². The van der Waals surface area contributed by atoms with E-state index in [1.807, 2.05) is 0 Å². The highest BCUT2D eigenvalue weighted by molar-refractivity contribution is 5.92. The fraction of sp³-hybridized carbons (Fsp3) is 0.417. The van der Waals surface area contributed by atoms with Crippen molar-refractivity contribution >= 4 is 11.6 Å². The number of nitrogens with two attached hydrogens (primary N) is 1. The SMILES string of the molecule is CN(CCCN)CC(=O)Nc1ccc(F)c(F)c1F. The summed E-state index contributed by atoms with van der Waals surface area (Å²) in [6, 6.07) is 1.73. The topological polar surface area (TPSA) is 58.4 Å². The number of anilines is 1. The number of hydrogen-bond acceptors (Lipinski definition) is 3. The lowest BCUT2D eigenvalue weighted by atomic mass is 10.2. The monoisotopic (exact) mass is 275 g/mol. The molecule has 0 saturated carbocycles. The number of benzene rings is 1. The van der Waals surface area contributed by atoms with E-state index in [1.165, 1.54) is 0 Å². The predicted octanol–water partition coefficient (Wildman–Crippen LogP) is 1.32. The van der Waals surface area contributed by atoms with E-state index in [9.17, 15) is 18.0 Å². The zero-order valence-corrected chi connectivity index (χ0v) is 10.5. The summed E-state index contributed by atoms with van der Waals surface area (Å²) in [5.41, 5.74) is 4.95. The first-order chi connectivity index (χ1) is 8.95. The maximum atomic E-state index is 13.3. The molecular weight excluding hydrogens is 259 g/mol. The molecule has 0 bridgehead atoms. The van der Waals surface area contributed by atoms with E-state index in [2.05, 4.69) is 5.32 Å². The molecule has 106 valence electrons. The molecule has 0 unspecified atom stereocenters. The lowest BCUT2D eigenvalue weighted by Gasteiger charge is -2.15. The molecule has 0 saturated heterocycles. The van der Waals surface area contributed by atoms with Crippen LogP contribution in [0.15, 0.2) is 12.1 Å². The first kappa shape index (κ1) is 15.5. The van der Waals surface area contributed by atoms with Gasteiger partial charge in [-0.05, 0) is 38.7 Å². The summed E-state index contributed by atoms with van der Waals surface area (Å²) in [4.78, 5) is 13.3. The van der Waals surface area contributed by atoms with Gasteiger partial charge in [0.05, 0.1) is 12.2 Å². The van der Waals surface area contributed by atoms with E-state index >= 15 is 0 Å². The first-order valence-electron chi connectivity index (χ1n) is 5.77. The van der Waals surface area contributed by atoms with Gasteiger partial charge in [0.2, 0.25) is 5.91 Å². The average molecular weight is 275 g/mol. The summed E-state index contributed by atoms with van der Waals surface area (Å²) in [6.45, 7) is 1.13. The number of likely N-dealkylation sites (N-methyl/N-ethyl adjacent to an activating group) is 1. The molecule has 0 aliphatic carbocycles. The molecule has 0 aliphatic rings. The van der Waals surface area contributed by atoms with Crippen LogP contribution in [0.25, 0.3) is 0 Å². The van der Waals surface area contributed by atoms with E-state index in [1.54, 1.807) is 11.9 Å². The Hall–Kier alpha value is -1.60. The fourth-order valence-corrected chi connectivity index (χ4v) is 1.50. The molecular formula is C12H16F3N3O. The molecule has 1 amide bonds. The minimum absolute atomic E-state index is 0.0123. The maximum Gasteiger partial charge on any atom is 0.238 e. The minimum Gasteiger partial charge on any atom is -0.330 e. The first-order valence-corrected chi connectivity index (χ1v) is 5.77. The summed E-state index contributed by atoms with van der Waals surface area (Å²) in [6.07, 6.45) is 0.726. The normalized spacial score (nSPS) is 10.8. The molecule has 0 aliphatic heterocycles. The zero-order valence-electron chi connectivity index (χ0n) is 10.5. The summed E-state index contributed by atoms with van der Waals surface area (Å²) in [7, 11) is 1.71. The van der Waals surface area contributed by atoms with Crippen molar-refractivity contribution in [1.29, 1.82) is 0 Å². The van der Waals surface area contributed by atoms with Crippen LogP contribution in [0.1, 0.15) is 6.42 Å². The van der Waals surface area contributed by atoms with Crippen molar-refractivity contribution in [1.82, 2.24) is 4.90 Å². The fourth-order valence-electron chi connectivity index (χ4n) is 1.50. The molecule has 0 aromatic heterocycles.